The largest absolute Gasteiger partial charge is 0.366 e. The summed E-state index contributed by atoms with van der Waals surface area (Å²) < 4.78 is 15.4. The van der Waals surface area contributed by atoms with Gasteiger partial charge in [0.05, 0.1) is 18.1 Å². The molecule has 0 unspecified atom stereocenters. The zero-order chi connectivity index (χ0) is 14.7. The average molecular weight is 328 g/mol. The molecule has 0 saturated carbocycles. The zero-order valence-electron chi connectivity index (χ0n) is 12.2. The fraction of sp³-hybridized carbons (Fsp3) is 0.462. The quantitative estimate of drug-likeness (QED) is 0.775. The minimum atomic E-state index is -0.454. The van der Waals surface area contributed by atoms with Gasteiger partial charge in [-0.15, -0.1) is 12.4 Å². The van der Waals surface area contributed by atoms with Crippen molar-refractivity contribution in [2.75, 3.05) is 23.7 Å². The maximum atomic E-state index is 13.7. The predicted octanol–water partition coefficient (Wildman–Crippen LogP) is 1.68. The molecule has 22 heavy (non-hydrogen) atoms. The van der Waals surface area contributed by atoms with E-state index in [-0.39, 0.29) is 18.2 Å². The van der Waals surface area contributed by atoms with Crippen LogP contribution >= 0.6 is 12.4 Å². The van der Waals surface area contributed by atoms with Gasteiger partial charge in [0.25, 0.3) is 0 Å². The number of hydrogen-bond donors (Lipinski definition) is 3. The molecule has 3 N–H and O–H groups in total. The Labute approximate surface area is 134 Å². The van der Waals surface area contributed by atoms with Gasteiger partial charge >= 0.3 is 0 Å². The van der Waals surface area contributed by atoms with Gasteiger partial charge in [-0.1, -0.05) is 0 Å². The Bertz CT molecular complexity index is 612. The maximum Gasteiger partial charge on any atom is 0.229 e. The molecule has 0 radical (unpaired) electrons. The highest BCUT2D eigenvalue weighted by atomic mass is 35.5. The molecular weight excluding hydrogens is 309 g/mol. The van der Waals surface area contributed by atoms with Gasteiger partial charge in [-0.2, -0.15) is 10.1 Å². The highest BCUT2D eigenvalue weighted by Crippen LogP contribution is 2.16. The van der Waals surface area contributed by atoms with E-state index < -0.39 is 5.82 Å². The molecule has 0 aliphatic carbocycles. The molecule has 1 aliphatic rings. The monoisotopic (exact) mass is 327 g/mol. The molecule has 1 aliphatic heterocycles. The van der Waals surface area contributed by atoms with Crippen molar-refractivity contribution in [3.8, 4) is 0 Å². The molecule has 120 valence electrons. The molecule has 7 nitrogen and oxygen atoms in total. The first-order valence-corrected chi connectivity index (χ1v) is 6.96. The smallest absolute Gasteiger partial charge is 0.229 e. The van der Waals surface area contributed by atoms with Gasteiger partial charge in [-0.3, -0.25) is 4.68 Å². The van der Waals surface area contributed by atoms with E-state index in [1.165, 1.54) is 0 Å². The molecule has 0 spiro atoms. The van der Waals surface area contributed by atoms with Gasteiger partial charge in [0.1, 0.15) is 0 Å². The molecule has 2 aromatic heterocycles. The molecule has 1 atom stereocenters. The number of nitrogens with one attached hydrogen (secondary N) is 3. The molecule has 3 heterocycles. The van der Waals surface area contributed by atoms with Crippen LogP contribution in [0.3, 0.4) is 0 Å². The fourth-order valence-corrected chi connectivity index (χ4v) is 2.32. The SMILES string of the molecule is Cl.Cn1cc(Nc2ncc(F)c(NC[C@H]3CCCN3)n2)cn1. The molecule has 0 aromatic carbocycles. The van der Waals surface area contributed by atoms with Crippen molar-refractivity contribution < 1.29 is 4.39 Å². The van der Waals surface area contributed by atoms with E-state index in [0.717, 1.165) is 31.3 Å². The minimum absolute atomic E-state index is 0. The van der Waals surface area contributed by atoms with Crippen LogP contribution in [-0.4, -0.2) is 38.9 Å². The minimum Gasteiger partial charge on any atom is -0.366 e. The second-order valence-electron chi connectivity index (χ2n) is 5.09. The summed E-state index contributed by atoms with van der Waals surface area (Å²) in [7, 11) is 1.82. The van der Waals surface area contributed by atoms with E-state index in [2.05, 4.69) is 31.0 Å². The summed E-state index contributed by atoms with van der Waals surface area (Å²) in [5.74, 6) is 0.0982. The van der Waals surface area contributed by atoms with E-state index in [1.54, 1.807) is 17.1 Å². The standard InChI is InChI=1S/C13H18FN7.ClH/c1-21-8-10(6-18-21)19-13-17-7-11(14)12(20-13)16-5-9-3-2-4-15-9;/h6-9,15H,2-5H2,1H3,(H2,16,17,19,20);1H/t9-;/m1./s1. The van der Waals surface area contributed by atoms with Gasteiger partial charge < -0.3 is 16.0 Å². The molecule has 9 heteroatoms. The summed E-state index contributed by atoms with van der Waals surface area (Å²) in [6.07, 6.45) is 6.87. The topological polar surface area (TPSA) is 79.7 Å². The Morgan fingerprint density at radius 1 is 1.45 bits per heavy atom. The third kappa shape index (κ3) is 4.05. The van der Waals surface area contributed by atoms with Crippen LogP contribution in [0.2, 0.25) is 0 Å². The van der Waals surface area contributed by atoms with E-state index in [1.807, 2.05) is 7.05 Å². The second-order valence-corrected chi connectivity index (χ2v) is 5.09. The normalized spacial score (nSPS) is 17.1. The van der Waals surface area contributed by atoms with Gasteiger partial charge in [0, 0.05) is 25.8 Å². The summed E-state index contributed by atoms with van der Waals surface area (Å²) in [5.41, 5.74) is 0.757. The molecule has 2 aromatic rings. The van der Waals surface area contributed by atoms with Crippen LogP contribution in [0.5, 0.6) is 0 Å². The van der Waals surface area contributed by atoms with Crippen molar-refractivity contribution in [3.05, 3.63) is 24.4 Å². The molecule has 0 amide bonds. The second kappa shape index (κ2) is 7.37. The molecule has 1 saturated heterocycles. The van der Waals surface area contributed by atoms with Gasteiger partial charge in [-0.05, 0) is 19.4 Å². The van der Waals surface area contributed by atoms with Crippen LogP contribution in [0.25, 0.3) is 0 Å². The van der Waals surface area contributed by atoms with Gasteiger partial charge in [-0.25, -0.2) is 9.37 Å². The van der Waals surface area contributed by atoms with Crippen LogP contribution in [0.1, 0.15) is 12.8 Å². The summed E-state index contributed by atoms with van der Waals surface area (Å²) in [6.45, 7) is 1.67. The fourth-order valence-electron chi connectivity index (χ4n) is 2.32. The zero-order valence-corrected chi connectivity index (χ0v) is 13.0. The van der Waals surface area contributed by atoms with Gasteiger partial charge in [0.2, 0.25) is 5.95 Å². The highest BCUT2D eigenvalue weighted by Gasteiger charge is 2.15. The number of hydrogen-bond acceptors (Lipinski definition) is 6. The van der Waals surface area contributed by atoms with Crippen LogP contribution in [0.4, 0.5) is 21.8 Å². The molecular formula is C13H19ClFN7. The van der Waals surface area contributed by atoms with Crippen molar-refractivity contribution >= 4 is 29.9 Å². The first-order chi connectivity index (χ1) is 10.2. The average Bonchev–Trinajstić information content (AvgIpc) is 3.11. The van der Waals surface area contributed by atoms with Crippen LogP contribution in [-0.2, 0) is 7.05 Å². The van der Waals surface area contributed by atoms with Crippen LogP contribution in [0.15, 0.2) is 18.6 Å². The van der Waals surface area contributed by atoms with Crippen molar-refractivity contribution in [1.29, 1.82) is 0 Å². The first-order valence-electron chi connectivity index (χ1n) is 6.96. The third-order valence-electron chi connectivity index (χ3n) is 3.38. The summed E-state index contributed by atoms with van der Waals surface area (Å²) in [6, 6.07) is 0.370. The highest BCUT2D eigenvalue weighted by molar-refractivity contribution is 5.85. The van der Waals surface area contributed by atoms with Crippen molar-refractivity contribution in [2.24, 2.45) is 7.05 Å². The van der Waals surface area contributed by atoms with E-state index in [0.29, 0.717) is 18.5 Å². The van der Waals surface area contributed by atoms with E-state index in [4.69, 9.17) is 0 Å². The molecule has 3 rings (SSSR count). The maximum absolute atomic E-state index is 13.7. The number of aryl methyl sites for hydroxylation is 1. The summed E-state index contributed by atoms with van der Waals surface area (Å²) >= 11 is 0. The predicted molar refractivity (Wildman–Crippen MR) is 85.2 cm³/mol. The number of aromatic nitrogens is 4. The van der Waals surface area contributed by atoms with E-state index >= 15 is 0 Å². The number of halogens is 2. The Morgan fingerprint density at radius 3 is 3.00 bits per heavy atom. The molecule has 1 fully saturated rings. The number of nitrogens with zero attached hydrogens (tertiary/aromatic N) is 4. The lowest BCUT2D eigenvalue weighted by Crippen LogP contribution is -2.29. The van der Waals surface area contributed by atoms with Crippen molar-refractivity contribution in [1.82, 2.24) is 25.1 Å². The Morgan fingerprint density at radius 2 is 2.32 bits per heavy atom. The Kier molecular flexibility index (Phi) is 5.51. The van der Waals surface area contributed by atoms with Crippen LogP contribution < -0.4 is 16.0 Å². The summed E-state index contributed by atoms with van der Waals surface area (Å²) in [4.78, 5) is 8.10. The number of rotatable bonds is 5. The van der Waals surface area contributed by atoms with Crippen molar-refractivity contribution in [3.63, 3.8) is 0 Å². The lowest BCUT2D eigenvalue weighted by atomic mass is 10.2. The number of anilines is 3. The van der Waals surface area contributed by atoms with Crippen molar-refractivity contribution in [2.45, 2.75) is 18.9 Å². The molecule has 0 bridgehead atoms. The Hall–Kier alpha value is -1.93. The third-order valence-corrected chi connectivity index (χ3v) is 3.38. The van der Waals surface area contributed by atoms with Gasteiger partial charge in [0.15, 0.2) is 11.6 Å². The summed E-state index contributed by atoms with van der Waals surface area (Å²) in [5, 5.41) is 13.4. The lowest BCUT2D eigenvalue weighted by molar-refractivity contribution is 0.604. The lowest BCUT2D eigenvalue weighted by Gasteiger charge is -2.13. The first kappa shape index (κ1) is 16.4. The Balaban J connectivity index is 0.00000176. The van der Waals surface area contributed by atoms with Crippen LogP contribution in [0, 0.1) is 5.82 Å². The van der Waals surface area contributed by atoms with E-state index in [9.17, 15) is 4.39 Å².